The Morgan fingerprint density at radius 2 is 2.05 bits per heavy atom. The normalized spacial score (nSPS) is 10.2. The molecule has 20 heavy (non-hydrogen) atoms. The van der Waals surface area contributed by atoms with E-state index in [-0.39, 0.29) is 17.9 Å². The molecule has 0 saturated heterocycles. The first-order chi connectivity index (χ1) is 9.58. The predicted octanol–water partition coefficient (Wildman–Crippen LogP) is 2.86. The van der Waals surface area contributed by atoms with E-state index in [9.17, 15) is 9.59 Å². The second-order valence-electron chi connectivity index (χ2n) is 4.43. The minimum absolute atomic E-state index is 0.0938. The first kappa shape index (κ1) is 13.9. The molecule has 2 aromatic rings. The zero-order chi connectivity index (χ0) is 14.5. The Morgan fingerprint density at radius 3 is 2.70 bits per heavy atom. The third kappa shape index (κ3) is 3.26. The second kappa shape index (κ2) is 6.06. The lowest BCUT2D eigenvalue weighted by Crippen LogP contribution is -2.16. The molecule has 1 aromatic heterocycles. The summed E-state index contributed by atoms with van der Waals surface area (Å²) >= 11 is 0. The molecule has 0 bridgehead atoms. The Morgan fingerprint density at radius 1 is 1.25 bits per heavy atom. The van der Waals surface area contributed by atoms with Crippen molar-refractivity contribution >= 4 is 17.6 Å². The number of carboxylic acid groups (broad SMARTS) is 1. The lowest BCUT2D eigenvalue weighted by Gasteiger charge is -2.11. The molecule has 0 spiro atoms. The van der Waals surface area contributed by atoms with E-state index in [1.165, 1.54) is 6.07 Å². The van der Waals surface area contributed by atoms with Gasteiger partial charge in [0.2, 0.25) is 5.91 Å². The number of aryl methyl sites for hydroxylation is 2. The van der Waals surface area contributed by atoms with Crippen LogP contribution in [0.1, 0.15) is 28.1 Å². The van der Waals surface area contributed by atoms with Crippen molar-refractivity contribution in [3.8, 4) is 0 Å². The minimum atomic E-state index is -1.06. The Bertz CT molecular complexity index is 617. The fourth-order valence-corrected chi connectivity index (χ4v) is 1.91. The molecule has 5 nitrogen and oxygen atoms in total. The van der Waals surface area contributed by atoms with Gasteiger partial charge in [-0.25, -0.2) is 4.79 Å². The summed E-state index contributed by atoms with van der Waals surface area (Å²) in [5.41, 5.74) is 1.16. The van der Waals surface area contributed by atoms with Crippen molar-refractivity contribution in [1.29, 1.82) is 0 Å². The van der Waals surface area contributed by atoms with Crippen LogP contribution in [0, 0.1) is 6.92 Å². The molecular weight excluding hydrogens is 258 g/mol. The SMILES string of the molecule is Cc1cccc(C(=O)O)c1NC(=O)CCc1ccco1. The molecule has 5 heteroatoms. The minimum Gasteiger partial charge on any atom is -0.478 e. The number of nitrogens with one attached hydrogen (secondary N) is 1. The quantitative estimate of drug-likeness (QED) is 0.877. The lowest BCUT2D eigenvalue weighted by molar-refractivity contribution is -0.116. The van der Waals surface area contributed by atoms with Gasteiger partial charge in [-0.1, -0.05) is 12.1 Å². The molecule has 0 unspecified atom stereocenters. The zero-order valence-corrected chi connectivity index (χ0v) is 11.1. The number of hydrogen-bond acceptors (Lipinski definition) is 3. The van der Waals surface area contributed by atoms with Crippen molar-refractivity contribution in [2.75, 3.05) is 5.32 Å². The van der Waals surface area contributed by atoms with Crippen LogP contribution in [0.25, 0.3) is 0 Å². The molecule has 0 atom stereocenters. The molecule has 0 aliphatic heterocycles. The first-order valence-electron chi connectivity index (χ1n) is 6.23. The molecular formula is C15H15NO4. The fraction of sp³-hybridized carbons (Fsp3) is 0.200. The van der Waals surface area contributed by atoms with Gasteiger partial charge in [0.1, 0.15) is 5.76 Å². The van der Waals surface area contributed by atoms with Gasteiger partial charge in [0.25, 0.3) is 0 Å². The Balaban J connectivity index is 2.06. The number of hydrogen-bond donors (Lipinski definition) is 2. The number of amides is 1. The van der Waals surface area contributed by atoms with Crippen LogP contribution < -0.4 is 5.32 Å². The number of aromatic carboxylic acids is 1. The average molecular weight is 273 g/mol. The van der Waals surface area contributed by atoms with E-state index in [1.54, 1.807) is 37.5 Å². The number of carboxylic acids is 1. The number of para-hydroxylation sites is 1. The summed E-state index contributed by atoms with van der Waals surface area (Å²) in [6, 6.07) is 8.43. The van der Waals surface area contributed by atoms with E-state index in [0.29, 0.717) is 12.1 Å². The number of rotatable bonds is 5. The number of carbonyl (C=O) groups excluding carboxylic acids is 1. The van der Waals surface area contributed by atoms with Crippen molar-refractivity contribution in [3.63, 3.8) is 0 Å². The maximum Gasteiger partial charge on any atom is 0.337 e. The van der Waals surface area contributed by atoms with E-state index >= 15 is 0 Å². The highest BCUT2D eigenvalue weighted by Crippen LogP contribution is 2.21. The van der Waals surface area contributed by atoms with Gasteiger partial charge >= 0.3 is 5.97 Å². The van der Waals surface area contributed by atoms with E-state index in [1.807, 2.05) is 0 Å². The molecule has 0 saturated carbocycles. The fourth-order valence-electron chi connectivity index (χ4n) is 1.91. The van der Waals surface area contributed by atoms with Crippen LogP contribution in [-0.4, -0.2) is 17.0 Å². The van der Waals surface area contributed by atoms with Gasteiger partial charge in [-0.3, -0.25) is 4.79 Å². The Labute approximate surface area is 116 Å². The van der Waals surface area contributed by atoms with Crippen LogP contribution in [-0.2, 0) is 11.2 Å². The summed E-state index contributed by atoms with van der Waals surface area (Å²) in [5.74, 6) is -0.573. The molecule has 0 fully saturated rings. The van der Waals surface area contributed by atoms with E-state index in [4.69, 9.17) is 9.52 Å². The number of benzene rings is 1. The highest BCUT2D eigenvalue weighted by atomic mass is 16.4. The van der Waals surface area contributed by atoms with Crippen LogP contribution in [0.15, 0.2) is 41.0 Å². The van der Waals surface area contributed by atoms with Gasteiger partial charge in [0.15, 0.2) is 0 Å². The van der Waals surface area contributed by atoms with Crippen molar-refractivity contribution in [2.45, 2.75) is 19.8 Å². The summed E-state index contributed by atoms with van der Waals surface area (Å²) in [6.45, 7) is 1.76. The molecule has 2 N–H and O–H groups in total. The first-order valence-corrected chi connectivity index (χ1v) is 6.23. The third-order valence-electron chi connectivity index (χ3n) is 2.95. The zero-order valence-electron chi connectivity index (χ0n) is 11.1. The average Bonchev–Trinajstić information content (AvgIpc) is 2.91. The molecule has 2 rings (SSSR count). The standard InChI is InChI=1S/C15H15NO4/c1-10-4-2-6-12(15(18)19)14(10)16-13(17)8-7-11-5-3-9-20-11/h2-6,9H,7-8H2,1H3,(H,16,17)(H,18,19). The molecule has 104 valence electrons. The topological polar surface area (TPSA) is 79.5 Å². The maximum absolute atomic E-state index is 11.9. The summed E-state index contributed by atoms with van der Waals surface area (Å²) in [4.78, 5) is 23.0. The smallest absolute Gasteiger partial charge is 0.337 e. The van der Waals surface area contributed by atoms with Crippen LogP contribution in [0.3, 0.4) is 0 Å². The molecule has 0 radical (unpaired) electrons. The molecule has 1 heterocycles. The summed E-state index contributed by atoms with van der Waals surface area (Å²) < 4.78 is 5.15. The summed E-state index contributed by atoms with van der Waals surface area (Å²) in [5, 5.41) is 11.8. The number of anilines is 1. The van der Waals surface area contributed by atoms with Gasteiger partial charge in [-0.15, -0.1) is 0 Å². The number of carbonyl (C=O) groups is 2. The number of furan rings is 1. The van der Waals surface area contributed by atoms with Crippen molar-refractivity contribution < 1.29 is 19.1 Å². The summed E-state index contributed by atoms with van der Waals surface area (Å²) in [7, 11) is 0. The van der Waals surface area contributed by atoms with Gasteiger partial charge in [0, 0.05) is 12.8 Å². The van der Waals surface area contributed by atoms with Gasteiger partial charge < -0.3 is 14.8 Å². The molecule has 0 aliphatic carbocycles. The van der Waals surface area contributed by atoms with E-state index in [2.05, 4.69) is 5.32 Å². The van der Waals surface area contributed by atoms with Crippen molar-refractivity contribution in [3.05, 3.63) is 53.5 Å². The van der Waals surface area contributed by atoms with E-state index in [0.717, 1.165) is 11.3 Å². The van der Waals surface area contributed by atoms with Crippen LogP contribution >= 0.6 is 0 Å². The van der Waals surface area contributed by atoms with Gasteiger partial charge in [0.05, 0.1) is 17.5 Å². The van der Waals surface area contributed by atoms with Crippen LogP contribution in [0.5, 0.6) is 0 Å². The van der Waals surface area contributed by atoms with Crippen LogP contribution in [0.4, 0.5) is 5.69 Å². The molecule has 1 aromatic carbocycles. The highest BCUT2D eigenvalue weighted by Gasteiger charge is 2.14. The van der Waals surface area contributed by atoms with Gasteiger partial charge in [-0.05, 0) is 30.7 Å². The highest BCUT2D eigenvalue weighted by molar-refractivity contribution is 6.01. The van der Waals surface area contributed by atoms with Crippen molar-refractivity contribution in [2.24, 2.45) is 0 Å². The Hall–Kier alpha value is -2.56. The summed E-state index contributed by atoms with van der Waals surface area (Å²) in [6.07, 6.45) is 2.27. The van der Waals surface area contributed by atoms with E-state index < -0.39 is 5.97 Å². The monoisotopic (exact) mass is 273 g/mol. The predicted molar refractivity (Wildman–Crippen MR) is 73.8 cm³/mol. The van der Waals surface area contributed by atoms with Crippen LogP contribution in [0.2, 0.25) is 0 Å². The van der Waals surface area contributed by atoms with Gasteiger partial charge in [-0.2, -0.15) is 0 Å². The largest absolute Gasteiger partial charge is 0.478 e. The molecule has 1 amide bonds. The third-order valence-corrected chi connectivity index (χ3v) is 2.95. The second-order valence-corrected chi connectivity index (χ2v) is 4.43. The van der Waals surface area contributed by atoms with Crippen molar-refractivity contribution in [1.82, 2.24) is 0 Å². The molecule has 0 aliphatic rings. The Kier molecular flexibility index (Phi) is 4.20. The lowest BCUT2D eigenvalue weighted by atomic mass is 10.1. The maximum atomic E-state index is 11.9.